The van der Waals surface area contributed by atoms with Crippen molar-refractivity contribution in [2.24, 2.45) is 0 Å². The first-order valence-electron chi connectivity index (χ1n) is 5.57. The fourth-order valence-corrected chi connectivity index (χ4v) is 1.55. The maximum Gasteiger partial charge on any atom is 0.260 e. The maximum absolute atomic E-state index is 13.1. The van der Waals surface area contributed by atoms with E-state index in [4.69, 9.17) is 15.0 Å². The van der Waals surface area contributed by atoms with Gasteiger partial charge in [0.25, 0.3) is 5.89 Å². The zero-order chi connectivity index (χ0) is 13.0. The predicted molar refractivity (Wildman–Crippen MR) is 64.3 cm³/mol. The van der Waals surface area contributed by atoms with Crippen molar-refractivity contribution in [1.29, 1.82) is 0 Å². The molecule has 5 nitrogen and oxygen atoms in total. The number of nitrogens with zero attached hydrogens (tertiary/aromatic N) is 2. The maximum atomic E-state index is 13.1. The molecule has 0 aliphatic carbocycles. The second-order valence-electron chi connectivity index (χ2n) is 3.84. The normalized spacial score (nSPS) is 10.8. The van der Waals surface area contributed by atoms with Gasteiger partial charge in [-0.2, -0.15) is 4.98 Å². The lowest BCUT2D eigenvalue weighted by molar-refractivity contribution is 0.194. The highest BCUT2D eigenvalue weighted by Gasteiger charge is 2.12. The van der Waals surface area contributed by atoms with Gasteiger partial charge in [-0.25, -0.2) is 4.39 Å². The molecule has 0 amide bonds. The number of ether oxygens (including phenoxy) is 1. The highest BCUT2D eigenvalue weighted by atomic mass is 19.1. The van der Waals surface area contributed by atoms with Crippen LogP contribution in [0.15, 0.2) is 22.7 Å². The molecule has 0 spiro atoms. The van der Waals surface area contributed by atoms with Gasteiger partial charge in [-0.3, -0.25) is 0 Å². The molecule has 96 valence electrons. The lowest BCUT2D eigenvalue weighted by Gasteiger charge is -1.99. The quantitative estimate of drug-likeness (QED) is 0.650. The van der Waals surface area contributed by atoms with E-state index in [1.54, 1.807) is 7.11 Å². The lowest BCUT2D eigenvalue weighted by Crippen LogP contribution is -1.95. The van der Waals surface area contributed by atoms with Crippen LogP contribution in [0, 0.1) is 5.82 Å². The molecule has 0 fully saturated rings. The first kappa shape index (κ1) is 12.5. The van der Waals surface area contributed by atoms with Crippen LogP contribution in [0.2, 0.25) is 0 Å². The molecule has 2 aromatic rings. The number of nitrogen functional groups attached to an aromatic ring is 1. The summed E-state index contributed by atoms with van der Waals surface area (Å²) in [7, 11) is 1.63. The summed E-state index contributed by atoms with van der Waals surface area (Å²) in [6, 6.07) is 4.04. The number of benzene rings is 1. The van der Waals surface area contributed by atoms with E-state index >= 15 is 0 Å². The van der Waals surface area contributed by atoms with Gasteiger partial charge in [-0.05, 0) is 24.6 Å². The summed E-state index contributed by atoms with van der Waals surface area (Å²) in [6.07, 6.45) is 1.45. The van der Waals surface area contributed by atoms with Crippen LogP contribution in [-0.2, 0) is 11.2 Å². The Labute approximate surface area is 104 Å². The van der Waals surface area contributed by atoms with Gasteiger partial charge in [0.2, 0.25) is 0 Å². The summed E-state index contributed by atoms with van der Waals surface area (Å²) in [5.74, 6) is 0.406. The monoisotopic (exact) mass is 251 g/mol. The number of halogens is 1. The standard InChI is InChI=1S/C12H14FN3O2/c1-17-6-2-3-11-15-12(18-16-11)9-7-8(13)4-5-10(9)14/h4-5,7H,2-3,6,14H2,1H3. The highest BCUT2D eigenvalue weighted by Crippen LogP contribution is 2.25. The first-order valence-corrected chi connectivity index (χ1v) is 5.57. The van der Waals surface area contributed by atoms with Gasteiger partial charge < -0.3 is 15.0 Å². The Bertz CT molecular complexity index is 528. The number of hydrogen-bond acceptors (Lipinski definition) is 5. The highest BCUT2D eigenvalue weighted by molar-refractivity contribution is 5.70. The third-order valence-corrected chi connectivity index (χ3v) is 2.46. The largest absolute Gasteiger partial charge is 0.398 e. The van der Waals surface area contributed by atoms with E-state index in [0.29, 0.717) is 30.1 Å². The number of aromatic nitrogens is 2. The van der Waals surface area contributed by atoms with Crippen molar-refractivity contribution in [2.45, 2.75) is 12.8 Å². The van der Waals surface area contributed by atoms with Crippen LogP contribution in [-0.4, -0.2) is 23.9 Å². The summed E-state index contributed by atoms with van der Waals surface area (Å²) in [5, 5.41) is 3.82. The number of anilines is 1. The van der Waals surface area contributed by atoms with Crippen molar-refractivity contribution in [2.75, 3.05) is 19.5 Å². The Kier molecular flexibility index (Phi) is 3.88. The predicted octanol–water partition coefficient (Wildman–Crippen LogP) is 2.04. The first-order chi connectivity index (χ1) is 8.70. The van der Waals surface area contributed by atoms with Gasteiger partial charge in [-0.1, -0.05) is 5.16 Å². The number of aryl methyl sites for hydroxylation is 1. The minimum absolute atomic E-state index is 0.236. The molecule has 1 aromatic heterocycles. The van der Waals surface area contributed by atoms with E-state index < -0.39 is 5.82 Å². The van der Waals surface area contributed by atoms with E-state index in [1.165, 1.54) is 18.2 Å². The van der Waals surface area contributed by atoms with Crippen LogP contribution in [0.1, 0.15) is 12.2 Å². The summed E-state index contributed by atoms with van der Waals surface area (Å²) >= 11 is 0. The third kappa shape index (κ3) is 2.84. The minimum Gasteiger partial charge on any atom is -0.398 e. The van der Waals surface area contributed by atoms with Crippen LogP contribution in [0.25, 0.3) is 11.5 Å². The molecule has 0 aliphatic heterocycles. The van der Waals surface area contributed by atoms with Gasteiger partial charge >= 0.3 is 0 Å². The SMILES string of the molecule is COCCCc1noc(-c2cc(F)ccc2N)n1. The van der Waals surface area contributed by atoms with E-state index in [2.05, 4.69) is 10.1 Å². The van der Waals surface area contributed by atoms with E-state index in [-0.39, 0.29) is 5.89 Å². The molecule has 0 saturated carbocycles. The number of nitrogens with two attached hydrogens (primary N) is 1. The van der Waals surface area contributed by atoms with E-state index in [9.17, 15) is 4.39 Å². The summed E-state index contributed by atoms with van der Waals surface area (Å²) < 4.78 is 23.1. The van der Waals surface area contributed by atoms with Crippen molar-refractivity contribution < 1.29 is 13.7 Å². The average Bonchev–Trinajstić information content (AvgIpc) is 2.81. The fourth-order valence-electron chi connectivity index (χ4n) is 1.55. The van der Waals surface area contributed by atoms with E-state index in [1.807, 2.05) is 0 Å². The van der Waals surface area contributed by atoms with Gasteiger partial charge in [0, 0.05) is 25.8 Å². The van der Waals surface area contributed by atoms with Crippen LogP contribution in [0.3, 0.4) is 0 Å². The molecule has 0 unspecified atom stereocenters. The van der Waals surface area contributed by atoms with Crippen LogP contribution in [0.4, 0.5) is 10.1 Å². The molecule has 0 aliphatic rings. The second kappa shape index (κ2) is 5.59. The van der Waals surface area contributed by atoms with E-state index in [0.717, 1.165) is 6.42 Å². The van der Waals surface area contributed by atoms with Gasteiger partial charge in [-0.15, -0.1) is 0 Å². The van der Waals surface area contributed by atoms with Crippen LogP contribution >= 0.6 is 0 Å². The molecule has 0 saturated heterocycles. The Hall–Kier alpha value is -1.95. The Morgan fingerprint density at radius 1 is 1.44 bits per heavy atom. The van der Waals surface area contributed by atoms with Gasteiger partial charge in [0.1, 0.15) is 5.82 Å². The second-order valence-corrected chi connectivity index (χ2v) is 3.84. The number of rotatable bonds is 5. The molecule has 0 radical (unpaired) electrons. The third-order valence-electron chi connectivity index (χ3n) is 2.46. The Balaban J connectivity index is 2.16. The number of hydrogen-bond donors (Lipinski definition) is 1. The molecule has 6 heteroatoms. The molecule has 18 heavy (non-hydrogen) atoms. The fraction of sp³-hybridized carbons (Fsp3) is 0.333. The summed E-state index contributed by atoms with van der Waals surface area (Å²) in [5.41, 5.74) is 6.56. The topological polar surface area (TPSA) is 74.2 Å². The van der Waals surface area contributed by atoms with Gasteiger partial charge in [0.05, 0.1) is 5.56 Å². The molecular formula is C12H14FN3O2. The minimum atomic E-state index is -0.390. The van der Waals surface area contributed by atoms with Crippen molar-refractivity contribution >= 4 is 5.69 Å². The van der Waals surface area contributed by atoms with Crippen molar-refractivity contribution in [3.63, 3.8) is 0 Å². The zero-order valence-electron chi connectivity index (χ0n) is 10.0. The van der Waals surface area contributed by atoms with Crippen molar-refractivity contribution in [3.05, 3.63) is 29.8 Å². The Morgan fingerprint density at radius 2 is 2.28 bits per heavy atom. The molecule has 1 heterocycles. The lowest BCUT2D eigenvalue weighted by atomic mass is 10.2. The zero-order valence-corrected chi connectivity index (χ0v) is 10.0. The molecule has 0 atom stereocenters. The molecule has 2 N–H and O–H groups in total. The summed E-state index contributed by atoms with van der Waals surface area (Å²) in [4.78, 5) is 4.17. The molecule has 1 aromatic carbocycles. The van der Waals surface area contributed by atoms with Crippen molar-refractivity contribution in [1.82, 2.24) is 10.1 Å². The Morgan fingerprint density at radius 3 is 3.06 bits per heavy atom. The number of methoxy groups -OCH3 is 1. The molecule has 0 bridgehead atoms. The van der Waals surface area contributed by atoms with Crippen LogP contribution in [0.5, 0.6) is 0 Å². The molecular weight excluding hydrogens is 237 g/mol. The van der Waals surface area contributed by atoms with Crippen LogP contribution < -0.4 is 5.73 Å². The average molecular weight is 251 g/mol. The van der Waals surface area contributed by atoms with Gasteiger partial charge in [0.15, 0.2) is 5.82 Å². The summed E-state index contributed by atoms with van der Waals surface area (Å²) in [6.45, 7) is 0.631. The smallest absolute Gasteiger partial charge is 0.260 e. The van der Waals surface area contributed by atoms with Crippen molar-refractivity contribution in [3.8, 4) is 11.5 Å². The molecule has 2 rings (SSSR count).